The topological polar surface area (TPSA) is 63.2 Å². The van der Waals surface area contributed by atoms with Gasteiger partial charge in [-0.15, -0.1) is 0 Å². The van der Waals surface area contributed by atoms with Crippen molar-refractivity contribution in [1.82, 2.24) is 10.2 Å². The molecule has 0 saturated carbocycles. The molecule has 1 amide bonds. The van der Waals surface area contributed by atoms with Crippen molar-refractivity contribution in [1.29, 1.82) is 0 Å². The molecule has 0 aliphatic carbocycles. The molecule has 0 bridgehead atoms. The third kappa shape index (κ3) is 4.33. The Morgan fingerprint density at radius 3 is 3.04 bits per heavy atom. The van der Waals surface area contributed by atoms with E-state index in [0.29, 0.717) is 24.6 Å². The van der Waals surface area contributed by atoms with Crippen LogP contribution in [-0.2, 0) is 14.4 Å². The largest absolute Gasteiger partial charge is 0.387 e. The van der Waals surface area contributed by atoms with Crippen molar-refractivity contribution in [3.63, 3.8) is 0 Å². The standard InChI is InChI=1S/C18H25N3O3/c1-23-10-9-21-8-7-14(13-21)12-19-18(22)16-11-17(24-20-16)15-5-3-2-4-6-15/h2-6,14,17H,7-13H2,1H3,(H,19,22). The van der Waals surface area contributed by atoms with Crippen LogP contribution in [0, 0.1) is 5.92 Å². The van der Waals surface area contributed by atoms with Gasteiger partial charge in [-0.25, -0.2) is 0 Å². The normalized spacial score (nSPS) is 23.8. The lowest BCUT2D eigenvalue weighted by molar-refractivity contribution is -0.115. The highest BCUT2D eigenvalue weighted by atomic mass is 16.6. The molecule has 2 aliphatic rings. The van der Waals surface area contributed by atoms with E-state index >= 15 is 0 Å². The summed E-state index contributed by atoms with van der Waals surface area (Å²) in [7, 11) is 1.72. The summed E-state index contributed by atoms with van der Waals surface area (Å²) in [5, 5.41) is 6.98. The predicted molar refractivity (Wildman–Crippen MR) is 91.8 cm³/mol. The highest BCUT2D eigenvalue weighted by Crippen LogP contribution is 2.26. The highest BCUT2D eigenvalue weighted by molar-refractivity contribution is 6.39. The number of benzene rings is 1. The Morgan fingerprint density at radius 1 is 1.42 bits per heavy atom. The van der Waals surface area contributed by atoms with Crippen molar-refractivity contribution in [3.05, 3.63) is 35.9 Å². The van der Waals surface area contributed by atoms with Crippen molar-refractivity contribution in [3.8, 4) is 0 Å². The molecule has 2 atom stereocenters. The Balaban J connectivity index is 1.40. The van der Waals surface area contributed by atoms with Crippen molar-refractivity contribution < 1.29 is 14.4 Å². The lowest BCUT2D eigenvalue weighted by Crippen LogP contribution is -2.35. The molecule has 6 nitrogen and oxygen atoms in total. The molecule has 1 aromatic rings. The van der Waals surface area contributed by atoms with Crippen LogP contribution in [0.2, 0.25) is 0 Å². The molecule has 2 aliphatic heterocycles. The van der Waals surface area contributed by atoms with Gasteiger partial charge in [-0.3, -0.25) is 4.79 Å². The van der Waals surface area contributed by atoms with Gasteiger partial charge in [-0.05, 0) is 24.4 Å². The maximum absolute atomic E-state index is 12.3. The van der Waals surface area contributed by atoms with Gasteiger partial charge in [-0.2, -0.15) is 0 Å². The third-order valence-electron chi connectivity index (χ3n) is 4.64. The van der Waals surface area contributed by atoms with Gasteiger partial charge in [-0.1, -0.05) is 35.5 Å². The minimum Gasteiger partial charge on any atom is -0.387 e. The number of nitrogens with zero attached hydrogens (tertiary/aromatic N) is 2. The first-order valence-corrected chi connectivity index (χ1v) is 8.53. The summed E-state index contributed by atoms with van der Waals surface area (Å²) < 4.78 is 5.11. The molecule has 0 radical (unpaired) electrons. The van der Waals surface area contributed by atoms with Crippen LogP contribution in [0.4, 0.5) is 0 Å². The first-order chi connectivity index (χ1) is 11.8. The molecule has 2 heterocycles. The maximum atomic E-state index is 12.3. The molecule has 2 unspecified atom stereocenters. The molecule has 1 fully saturated rings. The summed E-state index contributed by atoms with van der Waals surface area (Å²) >= 11 is 0. The Morgan fingerprint density at radius 2 is 2.25 bits per heavy atom. The number of methoxy groups -OCH3 is 1. The number of amides is 1. The van der Waals surface area contributed by atoms with Crippen LogP contribution in [0.1, 0.15) is 24.5 Å². The van der Waals surface area contributed by atoms with Crippen LogP contribution < -0.4 is 5.32 Å². The zero-order chi connectivity index (χ0) is 16.8. The Bertz CT molecular complexity index is 576. The van der Waals surface area contributed by atoms with E-state index in [0.717, 1.165) is 38.2 Å². The van der Waals surface area contributed by atoms with Crippen molar-refractivity contribution in [2.75, 3.05) is 39.9 Å². The van der Waals surface area contributed by atoms with Gasteiger partial charge in [0.25, 0.3) is 5.91 Å². The highest BCUT2D eigenvalue weighted by Gasteiger charge is 2.28. The van der Waals surface area contributed by atoms with Crippen molar-refractivity contribution in [2.45, 2.75) is 18.9 Å². The SMILES string of the molecule is COCCN1CCC(CNC(=O)C2=NOC(c3ccccc3)C2)C1. The molecule has 24 heavy (non-hydrogen) atoms. The van der Waals surface area contributed by atoms with Gasteiger partial charge in [0.05, 0.1) is 6.61 Å². The fourth-order valence-electron chi connectivity index (χ4n) is 3.20. The number of ether oxygens (including phenoxy) is 1. The van der Waals surface area contributed by atoms with Crippen molar-refractivity contribution in [2.24, 2.45) is 11.1 Å². The molecule has 1 aromatic carbocycles. The van der Waals surface area contributed by atoms with E-state index in [9.17, 15) is 4.79 Å². The summed E-state index contributed by atoms with van der Waals surface area (Å²) in [6.07, 6.45) is 1.49. The molecule has 130 valence electrons. The Labute approximate surface area is 142 Å². The number of hydrogen-bond acceptors (Lipinski definition) is 5. The quantitative estimate of drug-likeness (QED) is 0.824. The number of nitrogens with one attached hydrogen (secondary N) is 1. The first kappa shape index (κ1) is 16.9. The van der Waals surface area contributed by atoms with Crippen molar-refractivity contribution >= 4 is 11.6 Å². The minimum atomic E-state index is -0.150. The first-order valence-electron chi connectivity index (χ1n) is 8.53. The van der Waals surface area contributed by atoms with Crippen LogP contribution in [0.3, 0.4) is 0 Å². The summed E-state index contributed by atoms with van der Waals surface area (Å²) in [6.45, 7) is 4.50. The molecular formula is C18H25N3O3. The number of likely N-dealkylation sites (tertiary alicyclic amines) is 1. The monoisotopic (exact) mass is 331 g/mol. The smallest absolute Gasteiger partial charge is 0.269 e. The number of hydrogen-bond donors (Lipinski definition) is 1. The molecule has 0 spiro atoms. The minimum absolute atomic E-state index is 0.108. The van der Waals surface area contributed by atoms with Crippen LogP contribution in [0.5, 0.6) is 0 Å². The van der Waals surface area contributed by atoms with E-state index in [2.05, 4.69) is 15.4 Å². The second-order valence-electron chi connectivity index (χ2n) is 6.40. The summed E-state index contributed by atoms with van der Waals surface area (Å²) in [5.74, 6) is 0.391. The van der Waals surface area contributed by atoms with Gasteiger partial charge in [0.1, 0.15) is 5.71 Å². The number of carbonyl (C=O) groups excluding carboxylic acids is 1. The van der Waals surface area contributed by atoms with E-state index in [-0.39, 0.29) is 12.0 Å². The van der Waals surface area contributed by atoms with E-state index in [1.54, 1.807) is 7.11 Å². The fraction of sp³-hybridized carbons (Fsp3) is 0.556. The number of oxime groups is 1. The molecule has 1 saturated heterocycles. The third-order valence-corrected chi connectivity index (χ3v) is 4.64. The van der Waals surface area contributed by atoms with Crippen LogP contribution in [-0.4, -0.2) is 56.4 Å². The molecule has 3 rings (SSSR count). The number of carbonyl (C=O) groups is 1. The zero-order valence-corrected chi connectivity index (χ0v) is 14.1. The average Bonchev–Trinajstić information content (AvgIpc) is 3.28. The second-order valence-corrected chi connectivity index (χ2v) is 6.40. The number of rotatable bonds is 7. The molecule has 6 heteroatoms. The summed E-state index contributed by atoms with van der Waals surface area (Å²) in [5.41, 5.74) is 1.53. The van der Waals surface area contributed by atoms with Crippen LogP contribution in [0.15, 0.2) is 35.5 Å². The van der Waals surface area contributed by atoms with Gasteiger partial charge in [0, 0.05) is 33.2 Å². The summed E-state index contributed by atoms with van der Waals surface area (Å²) in [4.78, 5) is 20.1. The molecular weight excluding hydrogens is 306 g/mol. The second kappa shape index (κ2) is 8.26. The van der Waals surface area contributed by atoms with Gasteiger partial charge >= 0.3 is 0 Å². The van der Waals surface area contributed by atoms with Gasteiger partial charge < -0.3 is 19.8 Å². The lowest BCUT2D eigenvalue weighted by Gasteiger charge is -2.15. The fourth-order valence-corrected chi connectivity index (χ4v) is 3.20. The van der Waals surface area contributed by atoms with Gasteiger partial charge in [0.2, 0.25) is 0 Å². The summed E-state index contributed by atoms with van der Waals surface area (Å²) in [6, 6.07) is 9.88. The zero-order valence-electron chi connectivity index (χ0n) is 14.1. The van der Waals surface area contributed by atoms with Crippen LogP contribution in [0.25, 0.3) is 0 Å². The van der Waals surface area contributed by atoms with E-state index in [1.165, 1.54) is 0 Å². The van der Waals surface area contributed by atoms with E-state index < -0.39 is 0 Å². The predicted octanol–water partition coefficient (Wildman–Crippen LogP) is 1.59. The Hall–Kier alpha value is -1.92. The Kier molecular flexibility index (Phi) is 5.82. The van der Waals surface area contributed by atoms with E-state index in [4.69, 9.17) is 9.57 Å². The van der Waals surface area contributed by atoms with Crippen LogP contribution >= 0.6 is 0 Å². The average molecular weight is 331 g/mol. The molecule has 1 N–H and O–H groups in total. The van der Waals surface area contributed by atoms with Gasteiger partial charge in [0.15, 0.2) is 6.10 Å². The molecule has 0 aromatic heterocycles. The van der Waals surface area contributed by atoms with E-state index in [1.807, 2.05) is 30.3 Å². The lowest BCUT2D eigenvalue weighted by atomic mass is 10.0. The maximum Gasteiger partial charge on any atom is 0.269 e.